The standard InChI is InChI=1S/C26H35N3O2/c1-20(2)22-10-8-21(9-11-22)18-29(23-12-13-23)19-26(30)28-16-14-27(15-17-28)24-6-4-5-7-25(24)31-3/h4-11,20,23H,12-19H2,1-3H3. The van der Waals surface area contributed by atoms with Crippen LogP contribution < -0.4 is 9.64 Å². The van der Waals surface area contributed by atoms with Crippen LogP contribution in [-0.2, 0) is 11.3 Å². The average molecular weight is 422 g/mol. The quantitative estimate of drug-likeness (QED) is 0.642. The smallest absolute Gasteiger partial charge is 0.236 e. The monoisotopic (exact) mass is 421 g/mol. The summed E-state index contributed by atoms with van der Waals surface area (Å²) in [7, 11) is 1.71. The Hall–Kier alpha value is -2.53. The van der Waals surface area contributed by atoms with Gasteiger partial charge in [-0.05, 0) is 42.0 Å². The van der Waals surface area contributed by atoms with Crippen LogP contribution >= 0.6 is 0 Å². The minimum Gasteiger partial charge on any atom is -0.495 e. The molecule has 1 aliphatic carbocycles. The maximum absolute atomic E-state index is 13.1. The molecule has 4 rings (SSSR count). The highest BCUT2D eigenvalue weighted by Gasteiger charge is 2.32. The number of hydrogen-bond donors (Lipinski definition) is 0. The van der Waals surface area contributed by atoms with Crippen molar-refractivity contribution >= 4 is 11.6 Å². The predicted molar refractivity (Wildman–Crippen MR) is 126 cm³/mol. The minimum absolute atomic E-state index is 0.255. The van der Waals surface area contributed by atoms with Crippen molar-refractivity contribution in [1.82, 2.24) is 9.80 Å². The molecular weight excluding hydrogens is 386 g/mol. The zero-order valence-electron chi connectivity index (χ0n) is 19.1. The number of piperazine rings is 1. The van der Waals surface area contributed by atoms with Gasteiger partial charge in [-0.1, -0.05) is 50.2 Å². The van der Waals surface area contributed by atoms with Crippen molar-refractivity contribution in [2.24, 2.45) is 0 Å². The van der Waals surface area contributed by atoms with Gasteiger partial charge in [0.15, 0.2) is 0 Å². The molecule has 0 aromatic heterocycles. The van der Waals surface area contributed by atoms with Crippen molar-refractivity contribution in [2.45, 2.75) is 45.2 Å². The largest absolute Gasteiger partial charge is 0.495 e. The number of nitrogens with zero attached hydrogens (tertiary/aromatic N) is 3. The highest BCUT2D eigenvalue weighted by atomic mass is 16.5. The molecule has 0 unspecified atom stereocenters. The zero-order valence-corrected chi connectivity index (χ0v) is 19.1. The molecule has 2 aromatic carbocycles. The molecule has 0 radical (unpaired) electrons. The van der Waals surface area contributed by atoms with Crippen molar-refractivity contribution < 1.29 is 9.53 Å². The first-order valence-electron chi connectivity index (χ1n) is 11.5. The molecule has 5 heteroatoms. The number of methoxy groups -OCH3 is 1. The summed E-state index contributed by atoms with van der Waals surface area (Å²) in [6, 6.07) is 17.6. The summed E-state index contributed by atoms with van der Waals surface area (Å²) < 4.78 is 5.51. The van der Waals surface area contributed by atoms with Gasteiger partial charge in [0.25, 0.3) is 0 Å². The van der Waals surface area contributed by atoms with E-state index in [1.165, 1.54) is 24.0 Å². The van der Waals surface area contributed by atoms with E-state index in [0.29, 0.717) is 18.5 Å². The lowest BCUT2D eigenvalue weighted by molar-refractivity contribution is -0.133. The molecule has 5 nitrogen and oxygen atoms in total. The van der Waals surface area contributed by atoms with Crippen LogP contribution in [0.4, 0.5) is 5.69 Å². The van der Waals surface area contributed by atoms with Crippen molar-refractivity contribution in [3.05, 3.63) is 59.7 Å². The van der Waals surface area contributed by atoms with E-state index in [1.807, 2.05) is 23.1 Å². The number of carbonyl (C=O) groups is 1. The van der Waals surface area contributed by atoms with Gasteiger partial charge in [-0.15, -0.1) is 0 Å². The molecule has 2 fully saturated rings. The second kappa shape index (κ2) is 9.73. The molecule has 0 N–H and O–H groups in total. The fourth-order valence-electron chi connectivity index (χ4n) is 4.36. The average Bonchev–Trinajstić information content (AvgIpc) is 3.64. The number of amides is 1. The van der Waals surface area contributed by atoms with Crippen molar-refractivity contribution in [2.75, 3.05) is 44.7 Å². The second-order valence-corrected chi connectivity index (χ2v) is 9.07. The summed E-state index contributed by atoms with van der Waals surface area (Å²) in [6.07, 6.45) is 2.41. The molecule has 166 valence electrons. The number of benzene rings is 2. The topological polar surface area (TPSA) is 36.0 Å². The lowest BCUT2D eigenvalue weighted by Crippen LogP contribution is -2.51. The van der Waals surface area contributed by atoms with Gasteiger partial charge in [0.1, 0.15) is 5.75 Å². The van der Waals surface area contributed by atoms with E-state index in [2.05, 4.69) is 54.0 Å². The minimum atomic E-state index is 0.255. The van der Waals surface area contributed by atoms with Gasteiger partial charge < -0.3 is 14.5 Å². The summed E-state index contributed by atoms with van der Waals surface area (Å²) in [5.74, 6) is 1.70. The third-order valence-electron chi connectivity index (χ3n) is 6.49. The number of anilines is 1. The first-order valence-corrected chi connectivity index (χ1v) is 11.5. The Kier molecular flexibility index (Phi) is 6.81. The van der Waals surface area contributed by atoms with E-state index in [4.69, 9.17) is 4.74 Å². The number of rotatable bonds is 8. The summed E-state index contributed by atoms with van der Waals surface area (Å²) in [6.45, 7) is 9.02. The molecule has 0 atom stereocenters. The lowest BCUT2D eigenvalue weighted by Gasteiger charge is -2.37. The maximum atomic E-state index is 13.1. The van der Waals surface area contributed by atoms with Crippen LogP contribution in [0.5, 0.6) is 5.75 Å². The second-order valence-electron chi connectivity index (χ2n) is 9.07. The van der Waals surface area contributed by atoms with Crippen LogP contribution in [0.15, 0.2) is 48.5 Å². The van der Waals surface area contributed by atoms with Crippen LogP contribution in [0.1, 0.15) is 43.7 Å². The maximum Gasteiger partial charge on any atom is 0.236 e. The highest BCUT2D eigenvalue weighted by Crippen LogP contribution is 2.30. The summed E-state index contributed by atoms with van der Waals surface area (Å²) >= 11 is 0. The first kappa shape index (κ1) is 21.7. The number of hydrogen-bond acceptors (Lipinski definition) is 4. The van der Waals surface area contributed by atoms with Gasteiger partial charge in [0.2, 0.25) is 5.91 Å². The van der Waals surface area contributed by atoms with Crippen molar-refractivity contribution in [3.8, 4) is 5.75 Å². The summed E-state index contributed by atoms with van der Waals surface area (Å²) in [4.78, 5) is 19.8. The van der Waals surface area contributed by atoms with Gasteiger partial charge in [0.05, 0.1) is 19.3 Å². The molecule has 0 bridgehead atoms. The fraction of sp³-hybridized carbons (Fsp3) is 0.500. The molecule has 1 amide bonds. The normalized spacial score (nSPS) is 16.8. The first-order chi connectivity index (χ1) is 15.0. The van der Waals surface area contributed by atoms with Crippen LogP contribution in [0.2, 0.25) is 0 Å². The molecule has 31 heavy (non-hydrogen) atoms. The Labute approximate surface area is 186 Å². The van der Waals surface area contributed by atoms with Crippen LogP contribution in [0.25, 0.3) is 0 Å². The highest BCUT2D eigenvalue weighted by molar-refractivity contribution is 5.78. The van der Waals surface area contributed by atoms with Gasteiger partial charge in [-0.3, -0.25) is 9.69 Å². The van der Waals surface area contributed by atoms with E-state index in [0.717, 1.165) is 44.2 Å². The van der Waals surface area contributed by atoms with E-state index < -0.39 is 0 Å². The predicted octanol–water partition coefficient (Wildman–Crippen LogP) is 4.13. The molecule has 1 saturated heterocycles. The van der Waals surface area contributed by atoms with Gasteiger partial charge >= 0.3 is 0 Å². The SMILES string of the molecule is COc1ccccc1N1CCN(C(=O)CN(Cc2ccc(C(C)C)cc2)C2CC2)CC1. The van der Waals surface area contributed by atoms with E-state index >= 15 is 0 Å². The Morgan fingerprint density at radius 1 is 1.03 bits per heavy atom. The van der Waals surface area contributed by atoms with E-state index in [-0.39, 0.29) is 5.91 Å². The fourth-order valence-corrected chi connectivity index (χ4v) is 4.36. The molecular formula is C26H35N3O2. The van der Waals surface area contributed by atoms with E-state index in [1.54, 1.807) is 7.11 Å². The van der Waals surface area contributed by atoms with Crippen LogP contribution in [-0.4, -0.2) is 61.6 Å². The Morgan fingerprint density at radius 3 is 2.32 bits per heavy atom. The van der Waals surface area contributed by atoms with Crippen molar-refractivity contribution in [1.29, 1.82) is 0 Å². The molecule has 1 heterocycles. The Balaban J connectivity index is 1.32. The molecule has 2 aromatic rings. The van der Waals surface area contributed by atoms with E-state index in [9.17, 15) is 4.79 Å². The molecule has 2 aliphatic rings. The zero-order chi connectivity index (χ0) is 21.8. The van der Waals surface area contributed by atoms with Gasteiger partial charge in [-0.25, -0.2) is 0 Å². The molecule has 1 saturated carbocycles. The number of ether oxygens (including phenoxy) is 1. The van der Waals surface area contributed by atoms with Crippen molar-refractivity contribution in [3.63, 3.8) is 0 Å². The molecule has 0 spiro atoms. The van der Waals surface area contributed by atoms with Crippen LogP contribution in [0, 0.1) is 0 Å². The third-order valence-corrected chi connectivity index (χ3v) is 6.49. The van der Waals surface area contributed by atoms with Gasteiger partial charge in [-0.2, -0.15) is 0 Å². The van der Waals surface area contributed by atoms with Gasteiger partial charge in [0, 0.05) is 38.8 Å². The lowest BCUT2D eigenvalue weighted by atomic mass is 10.0. The Bertz CT molecular complexity index is 868. The van der Waals surface area contributed by atoms with Crippen LogP contribution in [0.3, 0.4) is 0 Å². The number of carbonyl (C=O) groups excluding carboxylic acids is 1. The number of para-hydroxylation sites is 2. The summed E-state index contributed by atoms with van der Waals surface area (Å²) in [5.41, 5.74) is 3.78. The molecule has 1 aliphatic heterocycles. The Morgan fingerprint density at radius 2 is 1.71 bits per heavy atom. The summed E-state index contributed by atoms with van der Waals surface area (Å²) in [5, 5.41) is 0. The third kappa shape index (κ3) is 5.40.